The van der Waals surface area contributed by atoms with Crippen LogP contribution in [0.2, 0.25) is 0 Å². The molecule has 0 radical (unpaired) electrons. The zero-order chi connectivity index (χ0) is 13.9. The van der Waals surface area contributed by atoms with Crippen LogP contribution in [0.25, 0.3) is 0 Å². The predicted octanol–water partition coefficient (Wildman–Crippen LogP) is 3.48. The Hall–Kier alpha value is -0.860. The second-order valence-electron chi connectivity index (χ2n) is 6.64. The van der Waals surface area contributed by atoms with E-state index in [1.807, 2.05) is 0 Å². The Morgan fingerprint density at radius 2 is 1.60 bits per heavy atom. The summed E-state index contributed by atoms with van der Waals surface area (Å²) in [6, 6.07) is 9.48. The molecule has 2 aliphatic rings. The molecule has 1 N–H and O–H groups in total. The van der Waals surface area contributed by atoms with Gasteiger partial charge >= 0.3 is 0 Å². The minimum Gasteiger partial charge on any atom is -0.391 e. The lowest BCUT2D eigenvalue weighted by Crippen LogP contribution is -2.48. The lowest BCUT2D eigenvalue weighted by Gasteiger charge is -2.41. The van der Waals surface area contributed by atoms with Gasteiger partial charge in [-0.25, -0.2) is 0 Å². The van der Waals surface area contributed by atoms with Crippen molar-refractivity contribution < 1.29 is 5.11 Å². The summed E-state index contributed by atoms with van der Waals surface area (Å²) in [6.07, 6.45) is 7.09. The summed E-state index contributed by atoms with van der Waals surface area (Å²) in [6.45, 7) is 4.46. The van der Waals surface area contributed by atoms with E-state index in [0.29, 0.717) is 12.0 Å². The summed E-state index contributed by atoms with van der Waals surface area (Å²) in [5, 5.41) is 10.2. The molecule has 1 aliphatic heterocycles. The van der Waals surface area contributed by atoms with E-state index >= 15 is 0 Å². The van der Waals surface area contributed by atoms with E-state index < -0.39 is 0 Å². The standard InChI is InChI=1S/C18H27NO/c1-14-6-8-15(9-7-14)16-10-12-19(13-11-16)17-4-2-3-5-18(17)20/h6-9,16-18,20H,2-5,10-13H2,1H3/i1-1. The molecule has 1 saturated heterocycles. The highest BCUT2D eigenvalue weighted by Gasteiger charge is 2.31. The van der Waals surface area contributed by atoms with E-state index in [-0.39, 0.29) is 6.10 Å². The maximum Gasteiger partial charge on any atom is 0.0695 e. The Kier molecular flexibility index (Phi) is 4.42. The van der Waals surface area contributed by atoms with Crippen LogP contribution in [0, 0.1) is 6.92 Å². The Balaban J connectivity index is 1.57. The molecule has 2 nitrogen and oxygen atoms in total. The number of aliphatic hydroxyl groups excluding tert-OH is 1. The van der Waals surface area contributed by atoms with Gasteiger partial charge in [0.05, 0.1) is 6.10 Å². The molecule has 0 aromatic heterocycles. The summed E-state index contributed by atoms with van der Waals surface area (Å²) >= 11 is 0. The molecular formula is C18H27NO. The minimum atomic E-state index is -0.0836. The second-order valence-corrected chi connectivity index (χ2v) is 6.64. The second kappa shape index (κ2) is 6.28. The molecule has 1 aromatic rings. The average molecular weight is 272 g/mol. The van der Waals surface area contributed by atoms with E-state index in [0.717, 1.165) is 19.5 Å². The van der Waals surface area contributed by atoms with Crippen LogP contribution in [-0.4, -0.2) is 35.2 Å². The molecule has 1 heterocycles. The highest BCUT2D eigenvalue weighted by atomic mass is 16.3. The molecule has 110 valence electrons. The number of aryl methyl sites for hydroxylation is 1. The molecule has 2 atom stereocenters. The number of nitrogens with zero attached hydrogens (tertiary/aromatic N) is 1. The highest BCUT2D eigenvalue weighted by molar-refractivity contribution is 5.25. The largest absolute Gasteiger partial charge is 0.391 e. The molecule has 0 bridgehead atoms. The maximum absolute atomic E-state index is 10.2. The summed E-state index contributed by atoms with van der Waals surface area (Å²) in [5.74, 6) is 0.715. The molecule has 1 saturated carbocycles. The van der Waals surface area contributed by atoms with Gasteiger partial charge in [0, 0.05) is 6.04 Å². The smallest absolute Gasteiger partial charge is 0.0695 e. The topological polar surface area (TPSA) is 23.5 Å². The lowest BCUT2D eigenvalue weighted by atomic mass is 9.85. The van der Waals surface area contributed by atoms with Crippen LogP contribution < -0.4 is 0 Å². The molecular weight excluding hydrogens is 245 g/mol. The van der Waals surface area contributed by atoms with Crippen molar-refractivity contribution in [1.29, 1.82) is 0 Å². The van der Waals surface area contributed by atoms with Gasteiger partial charge in [0.2, 0.25) is 0 Å². The number of hydrogen-bond acceptors (Lipinski definition) is 2. The first-order chi connectivity index (χ1) is 9.74. The number of aliphatic hydroxyl groups is 1. The maximum atomic E-state index is 10.2. The summed E-state index contributed by atoms with van der Waals surface area (Å²) in [7, 11) is 0. The van der Waals surface area contributed by atoms with E-state index in [9.17, 15) is 5.11 Å². The van der Waals surface area contributed by atoms with Crippen LogP contribution in [0.3, 0.4) is 0 Å². The van der Waals surface area contributed by atoms with Gasteiger partial charge < -0.3 is 5.11 Å². The Labute approximate surface area is 122 Å². The zero-order valence-corrected chi connectivity index (χ0v) is 12.6. The molecule has 0 amide bonds. The fraction of sp³-hybridized carbons (Fsp3) is 0.667. The van der Waals surface area contributed by atoms with E-state index in [1.54, 1.807) is 0 Å². The van der Waals surface area contributed by atoms with E-state index in [4.69, 9.17) is 0 Å². The number of rotatable bonds is 2. The molecule has 20 heavy (non-hydrogen) atoms. The van der Waals surface area contributed by atoms with Crippen molar-refractivity contribution in [3.63, 3.8) is 0 Å². The van der Waals surface area contributed by atoms with Crippen molar-refractivity contribution in [2.75, 3.05) is 13.1 Å². The van der Waals surface area contributed by atoms with Crippen LogP contribution in [0.4, 0.5) is 0 Å². The van der Waals surface area contributed by atoms with Gasteiger partial charge in [-0.1, -0.05) is 42.7 Å². The van der Waals surface area contributed by atoms with E-state index in [2.05, 4.69) is 36.1 Å². The molecule has 2 unspecified atom stereocenters. The van der Waals surface area contributed by atoms with Gasteiger partial charge in [-0.2, -0.15) is 0 Å². The third-order valence-electron chi connectivity index (χ3n) is 5.24. The van der Waals surface area contributed by atoms with Gasteiger partial charge in [0.25, 0.3) is 0 Å². The summed E-state index contributed by atoms with van der Waals surface area (Å²) in [5.41, 5.74) is 2.84. The summed E-state index contributed by atoms with van der Waals surface area (Å²) in [4.78, 5) is 2.55. The number of hydrogen-bond donors (Lipinski definition) is 1. The van der Waals surface area contributed by atoms with Crippen LogP contribution >= 0.6 is 0 Å². The van der Waals surface area contributed by atoms with Crippen LogP contribution in [0.15, 0.2) is 24.3 Å². The molecule has 1 aliphatic carbocycles. The van der Waals surface area contributed by atoms with Crippen molar-refractivity contribution >= 4 is 0 Å². The number of benzene rings is 1. The molecule has 1 aromatic carbocycles. The SMILES string of the molecule is [11CH3]c1ccc(C2CCN(C3CCCCC3O)CC2)cc1. The van der Waals surface area contributed by atoms with Crippen molar-refractivity contribution in [2.45, 2.75) is 63.5 Å². The predicted molar refractivity (Wildman–Crippen MR) is 83.0 cm³/mol. The highest BCUT2D eigenvalue weighted by Crippen LogP contribution is 2.32. The third-order valence-corrected chi connectivity index (χ3v) is 5.24. The quantitative estimate of drug-likeness (QED) is 0.891. The molecule has 0 spiro atoms. The first-order valence-electron chi connectivity index (χ1n) is 8.23. The first-order valence-corrected chi connectivity index (χ1v) is 8.23. The fourth-order valence-electron chi connectivity index (χ4n) is 3.92. The molecule has 2 heteroatoms. The van der Waals surface area contributed by atoms with Gasteiger partial charge in [-0.15, -0.1) is 0 Å². The van der Waals surface area contributed by atoms with E-state index in [1.165, 1.54) is 43.2 Å². The summed E-state index contributed by atoms with van der Waals surface area (Å²) < 4.78 is 0. The Morgan fingerprint density at radius 1 is 0.950 bits per heavy atom. The van der Waals surface area contributed by atoms with Gasteiger partial charge in [0.15, 0.2) is 0 Å². The number of piperidine rings is 1. The monoisotopic (exact) mass is 272 g/mol. The van der Waals surface area contributed by atoms with Gasteiger partial charge in [0.1, 0.15) is 0 Å². The Morgan fingerprint density at radius 3 is 2.25 bits per heavy atom. The molecule has 2 fully saturated rings. The minimum absolute atomic E-state index is 0.0836. The lowest BCUT2D eigenvalue weighted by molar-refractivity contribution is 0.00871. The van der Waals surface area contributed by atoms with Crippen LogP contribution in [-0.2, 0) is 0 Å². The van der Waals surface area contributed by atoms with Gasteiger partial charge in [-0.3, -0.25) is 4.90 Å². The number of likely N-dealkylation sites (tertiary alicyclic amines) is 1. The first kappa shape index (κ1) is 14.1. The van der Waals surface area contributed by atoms with Crippen molar-refractivity contribution in [2.24, 2.45) is 0 Å². The van der Waals surface area contributed by atoms with Gasteiger partial charge in [-0.05, 0) is 57.2 Å². The third kappa shape index (κ3) is 3.07. The fourth-order valence-corrected chi connectivity index (χ4v) is 3.92. The molecule has 3 rings (SSSR count). The van der Waals surface area contributed by atoms with Crippen molar-refractivity contribution in [1.82, 2.24) is 4.90 Å². The Bertz CT molecular complexity index is 420. The van der Waals surface area contributed by atoms with Crippen LogP contribution in [0.5, 0.6) is 0 Å². The van der Waals surface area contributed by atoms with Crippen molar-refractivity contribution in [3.05, 3.63) is 35.4 Å². The normalized spacial score (nSPS) is 29.5. The zero-order valence-electron chi connectivity index (χ0n) is 12.6. The average Bonchev–Trinajstić information content (AvgIpc) is 2.49. The van der Waals surface area contributed by atoms with Crippen molar-refractivity contribution in [3.8, 4) is 0 Å². The van der Waals surface area contributed by atoms with Crippen LogP contribution in [0.1, 0.15) is 55.6 Å².